The molecule has 0 saturated carbocycles. The summed E-state index contributed by atoms with van der Waals surface area (Å²) in [6.45, 7) is 3.00. The van der Waals surface area contributed by atoms with Crippen LogP contribution < -0.4 is 4.74 Å². The highest BCUT2D eigenvalue weighted by Crippen LogP contribution is 2.49. The van der Waals surface area contributed by atoms with E-state index in [0.717, 1.165) is 28.6 Å². The van der Waals surface area contributed by atoms with E-state index in [1.807, 2.05) is 42.5 Å². The number of furan rings is 1. The van der Waals surface area contributed by atoms with Crippen molar-refractivity contribution in [3.63, 3.8) is 0 Å². The van der Waals surface area contributed by atoms with Crippen molar-refractivity contribution >= 4 is 35.0 Å². The van der Waals surface area contributed by atoms with Crippen molar-refractivity contribution in [2.45, 2.75) is 17.7 Å². The van der Waals surface area contributed by atoms with Gasteiger partial charge in [0.05, 0.1) is 12.7 Å². The van der Waals surface area contributed by atoms with Crippen LogP contribution in [0.4, 0.5) is 0 Å². The third-order valence-electron chi connectivity index (χ3n) is 4.06. The Hall–Kier alpha value is -1.92. The highest BCUT2D eigenvalue weighted by atomic mass is 32.2. The fourth-order valence-corrected chi connectivity index (χ4v) is 4.17. The minimum absolute atomic E-state index is 0.187. The summed E-state index contributed by atoms with van der Waals surface area (Å²) in [6, 6.07) is 11.6. The summed E-state index contributed by atoms with van der Waals surface area (Å²) in [5.74, 6) is 2.96. The molecule has 2 unspecified atom stereocenters. The number of benzene rings is 1. The number of thiocarbonyl (C=S) groups is 1. The number of methoxy groups -OCH3 is 1. The Kier molecular flexibility index (Phi) is 4.02. The van der Waals surface area contributed by atoms with Crippen molar-refractivity contribution in [3.8, 4) is 17.1 Å². The van der Waals surface area contributed by atoms with Crippen LogP contribution in [0, 0.1) is 0 Å². The summed E-state index contributed by atoms with van der Waals surface area (Å²) in [5.41, 5.74) is 1.11. The van der Waals surface area contributed by atoms with Gasteiger partial charge in [0.1, 0.15) is 27.6 Å². The molecule has 3 heterocycles. The molecule has 0 aliphatic carbocycles. The minimum Gasteiger partial charge on any atom is -0.496 e. The van der Waals surface area contributed by atoms with Gasteiger partial charge < -0.3 is 18.8 Å². The smallest absolute Gasteiger partial charge is 0.176 e. The maximum absolute atomic E-state index is 5.96. The highest BCUT2D eigenvalue weighted by molar-refractivity contribution is 8.07. The molecule has 2 aromatic rings. The Labute approximate surface area is 150 Å². The molecule has 0 N–H and O–H groups in total. The number of hydrogen-bond acceptors (Lipinski definition) is 5. The second kappa shape index (κ2) is 6.18. The first-order valence-electron chi connectivity index (χ1n) is 7.79. The Morgan fingerprint density at radius 3 is 2.92 bits per heavy atom. The lowest BCUT2D eigenvalue weighted by Gasteiger charge is -2.28. The van der Waals surface area contributed by atoms with Gasteiger partial charge in [-0.3, -0.25) is 0 Å². The molecule has 0 bridgehead atoms. The van der Waals surface area contributed by atoms with E-state index >= 15 is 0 Å². The second-order valence-corrected chi connectivity index (χ2v) is 7.12. The van der Waals surface area contributed by atoms with Crippen molar-refractivity contribution in [2.75, 3.05) is 13.7 Å². The molecule has 4 nitrogen and oxygen atoms in total. The van der Waals surface area contributed by atoms with Crippen LogP contribution >= 0.6 is 24.0 Å². The zero-order chi connectivity index (χ0) is 16.7. The van der Waals surface area contributed by atoms with Crippen LogP contribution in [-0.2, 0) is 4.74 Å². The van der Waals surface area contributed by atoms with Crippen molar-refractivity contribution in [3.05, 3.63) is 47.9 Å². The van der Waals surface area contributed by atoms with Gasteiger partial charge in [-0.15, -0.1) is 0 Å². The number of thioether (sulfide) groups is 1. The molecule has 124 valence electrons. The summed E-state index contributed by atoms with van der Waals surface area (Å²) < 4.78 is 17.3. The molecular formula is C18H17NO3S2. The summed E-state index contributed by atoms with van der Waals surface area (Å²) in [5, 5.41) is 0.375. The Morgan fingerprint density at radius 1 is 1.29 bits per heavy atom. The highest BCUT2D eigenvalue weighted by Gasteiger charge is 2.51. The third-order valence-corrected chi connectivity index (χ3v) is 5.59. The fraction of sp³-hybridized carbons (Fsp3) is 0.278. The van der Waals surface area contributed by atoms with E-state index in [0.29, 0.717) is 16.9 Å². The zero-order valence-electron chi connectivity index (χ0n) is 13.4. The molecule has 4 rings (SSSR count). The largest absolute Gasteiger partial charge is 0.496 e. The van der Waals surface area contributed by atoms with E-state index in [1.165, 1.54) is 0 Å². The summed E-state index contributed by atoms with van der Waals surface area (Å²) in [6.07, 6.45) is 1.87. The topological polar surface area (TPSA) is 34.8 Å². The predicted molar refractivity (Wildman–Crippen MR) is 99.9 cm³/mol. The van der Waals surface area contributed by atoms with Crippen LogP contribution in [0.5, 0.6) is 5.75 Å². The van der Waals surface area contributed by atoms with E-state index in [1.54, 1.807) is 18.9 Å². The lowest BCUT2D eigenvalue weighted by Crippen LogP contribution is -2.39. The number of morpholine rings is 1. The summed E-state index contributed by atoms with van der Waals surface area (Å²) in [4.78, 5) is 2.95. The quantitative estimate of drug-likeness (QED) is 0.458. The van der Waals surface area contributed by atoms with E-state index < -0.39 is 0 Å². The van der Waals surface area contributed by atoms with Gasteiger partial charge in [0.2, 0.25) is 0 Å². The Morgan fingerprint density at radius 2 is 2.12 bits per heavy atom. The van der Waals surface area contributed by atoms with Crippen molar-refractivity contribution in [2.24, 2.45) is 0 Å². The second-order valence-electron chi connectivity index (χ2n) is 5.51. The van der Waals surface area contributed by atoms with Gasteiger partial charge >= 0.3 is 0 Å². The molecule has 6 heteroatoms. The van der Waals surface area contributed by atoms with Gasteiger partial charge in [-0.05, 0) is 31.2 Å². The molecular weight excluding hydrogens is 342 g/mol. The number of rotatable bonds is 4. The average molecular weight is 359 g/mol. The first-order valence-corrected chi connectivity index (χ1v) is 9.14. The third kappa shape index (κ3) is 2.70. The van der Waals surface area contributed by atoms with Gasteiger partial charge in [-0.1, -0.05) is 36.1 Å². The van der Waals surface area contributed by atoms with E-state index in [9.17, 15) is 0 Å². The molecule has 0 radical (unpaired) electrons. The van der Waals surface area contributed by atoms with Gasteiger partial charge in [0.15, 0.2) is 11.2 Å². The predicted octanol–water partition coefficient (Wildman–Crippen LogP) is 4.37. The Balaban J connectivity index is 1.62. The van der Waals surface area contributed by atoms with Crippen molar-refractivity contribution < 1.29 is 13.9 Å². The summed E-state index contributed by atoms with van der Waals surface area (Å²) in [7, 11) is 1.65. The molecule has 24 heavy (non-hydrogen) atoms. The molecule has 0 spiro atoms. The molecule has 0 amide bonds. The van der Waals surface area contributed by atoms with Crippen LogP contribution in [0.25, 0.3) is 17.4 Å². The van der Waals surface area contributed by atoms with Gasteiger partial charge in [0.25, 0.3) is 0 Å². The van der Waals surface area contributed by atoms with Crippen molar-refractivity contribution in [1.82, 2.24) is 4.90 Å². The maximum Gasteiger partial charge on any atom is 0.176 e. The molecule has 2 aliphatic rings. The molecule has 2 saturated heterocycles. The van der Waals surface area contributed by atoms with Gasteiger partial charge in [-0.25, -0.2) is 0 Å². The van der Waals surface area contributed by atoms with Crippen LogP contribution in [0.2, 0.25) is 0 Å². The maximum atomic E-state index is 5.96. The Bertz CT molecular complexity index is 814. The number of nitrogens with zero attached hydrogens (tertiary/aromatic N) is 1. The average Bonchev–Trinajstić information content (AvgIpc) is 3.22. The number of hydrogen-bond donors (Lipinski definition) is 0. The number of fused-ring (bicyclic) bond motifs is 1. The van der Waals surface area contributed by atoms with Crippen LogP contribution in [-0.4, -0.2) is 34.4 Å². The minimum atomic E-state index is 0.187. The normalized spacial score (nSPS) is 23.8. The number of ether oxygens (including phenoxy) is 2. The molecule has 2 aliphatic heterocycles. The lowest BCUT2D eigenvalue weighted by atomic mass is 10.1. The first kappa shape index (κ1) is 15.6. The van der Waals surface area contributed by atoms with Gasteiger partial charge in [0, 0.05) is 12.6 Å². The van der Waals surface area contributed by atoms with E-state index in [-0.39, 0.29) is 5.44 Å². The van der Waals surface area contributed by atoms with E-state index in [4.69, 9.17) is 26.1 Å². The molecule has 1 aromatic heterocycles. The van der Waals surface area contributed by atoms with E-state index in [2.05, 4.69) is 11.8 Å². The van der Waals surface area contributed by atoms with Crippen LogP contribution in [0.1, 0.15) is 12.7 Å². The first-order chi connectivity index (χ1) is 11.7. The van der Waals surface area contributed by atoms with Crippen LogP contribution in [0.15, 0.2) is 46.6 Å². The SMILES string of the molecule is CCN1C(=S)/C(=C/c2ccc(-c3ccccc3OC)o2)OC2SC21. The summed E-state index contributed by atoms with van der Waals surface area (Å²) >= 11 is 7.33. The fourth-order valence-electron chi connectivity index (χ4n) is 2.80. The molecule has 1 aromatic carbocycles. The number of para-hydroxylation sites is 1. The molecule has 2 atom stereocenters. The number of likely N-dealkylation sites (N-methyl/N-ethyl adjacent to an activating group) is 1. The standard InChI is InChI=1S/C18H17NO3S2/c1-3-19-16(23)15(22-18-17(19)24-18)10-11-8-9-14(21-11)12-6-4-5-7-13(12)20-2/h4-10,17-18H,3H2,1-2H3/b15-10-. The molecule has 2 fully saturated rings. The monoisotopic (exact) mass is 359 g/mol. The zero-order valence-corrected chi connectivity index (χ0v) is 15.0. The lowest BCUT2D eigenvalue weighted by molar-refractivity contribution is 0.169. The van der Waals surface area contributed by atoms with Crippen molar-refractivity contribution in [1.29, 1.82) is 0 Å². The van der Waals surface area contributed by atoms with Gasteiger partial charge in [-0.2, -0.15) is 0 Å². The van der Waals surface area contributed by atoms with Crippen LogP contribution in [0.3, 0.4) is 0 Å².